The first-order valence-corrected chi connectivity index (χ1v) is 8.33. The molecule has 0 radical (unpaired) electrons. The maximum absolute atomic E-state index is 4.56. The molecule has 1 aromatic heterocycles. The molecule has 2 N–H and O–H groups in total. The van der Waals surface area contributed by atoms with Gasteiger partial charge in [0.25, 0.3) is 0 Å². The molecule has 0 spiro atoms. The van der Waals surface area contributed by atoms with E-state index in [2.05, 4.69) is 65.6 Å². The van der Waals surface area contributed by atoms with Crippen LogP contribution in [0, 0.1) is 20.8 Å². The summed E-state index contributed by atoms with van der Waals surface area (Å²) in [7, 11) is 1.80. The number of rotatable bonds is 5. The van der Waals surface area contributed by atoms with E-state index in [9.17, 15) is 0 Å². The maximum Gasteiger partial charge on any atom is 0.191 e. The SMILES string of the molecule is CN=C(NCCc1nc(C)c(C)s1)NCc1ccccc1C. The monoisotopic (exact) mass is 316 g/mol. The van der Waals surface area contributed by atoms with Gasteiger partial charge in [0.1, 0.15) is 0 Å². The van der Waals surface area contributed by atoms with Crippen molar-refractivity contribution in [3.05, 3.63) is 51.0 Å². The maximum atomic E-state index is 4.56. The number of aliphatic imine (C=N–C) groups is 1. The van der Waals surface area contributed by atoms with Crippen LogP contribution in [0.2, 0.25) is 0 Å². The fraction of sp³-hybridized carbons (Fsp3) is 0.412. The summed E-state index contributed by atoms with van der Waals surface area (Å²) in [4.78, 5) is 10.1. The Balaban J connectivity index is 1.79. The van der Waals surface area contributed by atoms with Crippen molar-refractivity contribution in [3.63, 3.8) is 0 Å². The lowest BCUT2D eigenvalue weighted by Gasteiger charge is -2.12. The van der Waals surface area contributed by atoms with Crippen LogP contribution in [0.1, 0.15) is 26.7 Å². The first-order valence-electron chi connectivity index (χ1n) is 7.52. The zero-order valence-corrected chi connectivity index (χ0v) is 14.5. The zero-order valence-electron chi connectivity index (χ0n) is 13.7. The van der Waals surface area contributed by atoms with E-state index in [0.717, 1.165) is 31.2 Å². The molecule has 0 aliphatic carbocycles. The molecule has 4 nitrogen and oxygen atoms in total. The molecule has 0 saturated heterocycles. The lowest BCUT2D eigenvalue weighted by molar-refractivity contribution is 0.789. The fourth-order valence-electron chi connectivity index (χ4n) is 2.14. The molecule has 0 aliphatic heterocycles. The van der Waals surface area contributed by atoms with Gasteiger partial charge >= 0.3 is 0 Å². The molecule has 2 rings (SSSR count). The van der Waals surface area contributed by atoms with Gasteiger partial charge in [0.05, 0.1) is 10.7 Å². The van der Waals surface area contributed by atoms with E-state index in [-0.39, 0.29) is 0 Å². The second kappa shape index (κ2) is 7.94. The third-order valence-corrected chi connectivity index (χ3v) is 4.77. The van der Waals surface area contributed by atoms with Gasteiger partial charge in [-0.05, 0) is 31.9 Å². The number of hydrogen-bond donors (Lipinski definition) is 2. The Kier molecular flexibility index (Phi) is 5.95. The Morgan fingerprint density at radius 3 is 2.59 bits per heavy atom. The van der Waals surface area contributed by atoms with Gasteiger partial charge < -0.3 is 10.6 Å². The molecule has 118 valence electrons. The Labute approximate surface area is 136 Å². The van der Waals surface area contributed by atoms with Gasteiger partial charge in [0.2, 0.25) is 0 Å². The summed E-state index contributed by atoms with van der Waals surface area (Å²) in [6.07, 6.45) is 0.921. The van der Waals surface area contributed by atoms with Crippen LogP contribution >= 0.6 is 11.3 Å². The smallest absolute Gasteiger partial charge is 0.191 e. The van der Waals surface area contributed by atoms with Crippen LogP contribution < -0.4 is 10.6 Å². The minimum atomic E-state index is 0.780. The lowest BCUT2D eigenvalue weighted by atomic mass is 10.1. The minimum Gasteiger partial charge on any atom is -0.356 e. The summed E-state index contributed by atoms with van der Waals surface area (Å²) >= 11 is 1.77. The second-order valence-electron chi connectivity index (χ2n) is 5.28. The van der Waals surface area contributed by atoms with Gasteiger partial charge in [-0.3, -0.25) is 4.99 Å². The highest BCUT2D eigenvalue weighted by molar-refractivity contribution is 7.11. The molecule has 0 atom stereocenters. The summed E-state index contributed by atoms with van der Waals surface area (Å²) in [5.74, 6) is 0.827. The second-order valence-corrected chi connectivity index (χ2v) is 6.57. The van der Waals surface area contributed by atoms with Crippen molar-refractivity contribution in [1.29, 1.82) is 0 Å². The molecule has 0 unspecified atom stereocenters. The Bertz CT molecular complexity index is 626. The first kappa shape index (κ1) is 16.5. The van der Waals surface area contributed by atoms with Crippen molar-refractivity contribution in [2.24, 2.45) is 4.99 Å². The van der Waals surface area contributed by atoms with E-state index in [0.29, 0.717) is 0 Å². The van der Waals surface area contributed by atoms with Gasteiger partial charge in [0, 0.05) is 31.4 Å². The summed E-state index contributed by atoms with van der Waals surface area (Å²) in [6.45, 7) is 7.92. The molecule has 0 fully saturated rings. The number of hydrogen-bond acceptors (Lipinski definition) is 3. The van der Waals surface area contributed by atoms with E-state index in [1.165, 1.54) is 21.0 Å². The molecule has 22 heavy (non-hydrogen) atoms. The first-order chi connectivity index (χ1) is 10.6. The van der Waals surface area contributed by atoms with Crippen LogP contribution in [0.5, 0.6) is 0 Å². The molecule has 5 heteroatoms. The third kappa shape index (κ3) is 4.56. The predicted molar refractivity (Wildman–Crippen MR) is 94.7 cm³/mol. The number of guanidine groups is 1. The summed E-state index contributed by atoms with van der Waals surface area (Å²) < 4.78 is 0. The topological polar surface area (TPSA) is 49.3 Å². The number of nitrogens with zero attached hydrogens (tertiary/aromatic N) is 2. The molecule has 0 bridgehead atoms. The van der Waals surface area contributed by atoms with Crippen molar-refractivity contribution in [3.8, 4) is 0 Å². The highest BCUT2D eigenvalue weighted by Crippen LogP contribution is 2.16. The minimum absolute atomic E-state index is 0.780. The van der Waals surface area contributed by atoms with E-state index in [4.69, 9.17) is 0 Å². The van der Waals surface area contributed by atoms with Gasteiger partial charge in [-0.1, -0.05) is 24.3 Å². The molecule has 1 aromatic carbocycles. The molecular formula is C17H24N4S. The van der Waals surface area contributed by atoms with E-state index >= 15 is 0 Å². The van der Waals surface area contributed by atoms with E-state index in [1.54, 1.807) is 18.4 Å². The van der Waals surface area contributed by atoms with E-state index in [1.807, 2.05) is 0 Å². The van der Waals surface area contributed by atoms with Crippen molar-refractivity contribution >= 4 is 17.3 Å². The fourth-order valence-corrected chi connectivity index (χ4v) is 3.08. The summed E-state index contributed by atoms with van der Waals surface area (Å²) in [5, 5.41) is 7.87. The van der Waals surface area contributed by atoms with Gasteiger partial charge in [-0.25, -0.2) is 4.98 Å². The Morgan fingerprint density at radius 2 is 1.95 bits per heavy atom. The number of benzene rings is 1. The molecule has 1 heterocycles. The molecule has 2 aromatic rings. The van der Waals surface area contributed by atoms with E-state index < -0.39 is 0 Å². The van der Waals surface area contributed by atoms with Gasteiger partial charge in [0.15, 0.2) is 5.96 Å². The molecule has 0 amide bonds. The third-order valence-electron chi connectivity index (χ3n) is 3.64. The van der Waals surface area contributed by atoms with Crippen LogP contribution in [-0.4, -0.2) is 24.5 Å². The van der Waals surface area contributed by atoms with Crippen molar-refractivity contribution in [2.75, 3.05) is 13.6 Å². The quantitative estimate of drug-likeness (QED) is 0.658. The number of aromatic nitrogens is 1. The predicted octanol–water partition coefficient (Wildman–Crippen LogP) is 2.98. The van der Waals surface area contributed by atoms with Gasteiger partial charge in [-0.15, -0.1) is 11.3 Å². The number of nitrogens with one attached hydrogen (secondary N) is 2. The van der Waals surface area contributed by atoms with Crippen LogP contribution in [0.15, 0.2) is 29.3 Å². The number of thiazole rings is 1. The Hall–Kier alpha value is -1.88. The van der Waals surface area contributed by atoms with Crippen LogP contribution in [0.25, 0.3) is 0 Å². The van der Waals surface area contributed by atoms with Gasteiger partial charge in [-0.2, -0.15) is 0 Å². The Morgan fingerprint density at radius 1 is 1.18 bits per heavy atom. The average molecular weight is 316 g/mol. The highest BCUT2D eigenvalue weighted by atomic mass is 32.1. The average Bonchev–Trinajstić information content (AvgIpc) is 2.82. The summed E-state index contributed by atoms with van der Waals surface area (Å²) in [5.41, 5.74) is 3.72. The van der Waals surface area contributed by atoms with Crippen LogP contribution in [0.3, 0.4) is 0 Å². The largest absolute Gasteiger partial charge is 0.356 e. The van der Waals surface area contributed by atoms with Crippen molar-refractivity contribution in [2.45, 2.75) is 33.7 Å². The van der Waals surface area contributed by atoms with Crippen molar-refractivity contribution < 1.29 is 0 Å². The molecule has 0 saturated carbocycles. The normalized spacial score (nSPS) is 11.5. The van der Waals surface area contributed by atoms with Crippen LogP contribution in [0.4, 0.5) is 0 Å². The standard InChI is InChI=1S/C17H24N4S/c1-12-7-5-6-8-15(12)11-20-17(18-4)19-10-9-16-21-13(2)14(3)22-16/h5-8H,9-11H2,1-4H3,(H2,18,19,20). The lowest BCUT2D eigenvalue weighted by Crippen LogP contribution is -2.38. The number of aryl methyl sites for hydroxylation is 3. The molecule has 0 aliphatic rings. The highest BCUT2D eigenvalue weighted by Gasteiger charge is 2.04. The zero-order chi connectivity index (χ0) is 15.9. The summed E-state index contributed by atoms with van der Waals surface area (Å²) in [6, 6.07) is 8.38. The molecular weight excluding hydrogens is 292 g/mol. The van der Waals surface area contributed by atoms with Crippen LogP contribution in [-0.2, 0) is 13.0 Å². The van der Waals surface area contributed by atoms with Crippen molar-refractivity contribution in [1.82, 2.24) is 15.6 Å².